The molecule has 1 aromatic heterocycles. The largest absolute Gasteiger partial charge is 0.314 e. The number of hydrogen-bond donors (Lipinski definition) is 1. The SMILES string of the molecule is C[C@H]1CNCCN1Cc1cn(-c2ccccc2)nn1. The molecule has 3 rings (SSSR count). The first-order valence-corrected chi connectivity index (χ1v) is 6.74. The molecule has 0 radical (unpaired) electrons. The summed E-state index contributed by atoms with van der Waals surface area (Å²) in [6.45, 7) is 6.28. The van der Waals surface area contributed by atoms with Crippen molar-refractivity contribution in [1.29, 1.82) is 0 Å². The lowest BCUT2D eigenvalue weighted by Gasteiger charge is -2.33. The van der Waals surface area contributed by atoms with Crippen LogP contribution in [0.15, 0.2) is 36.5 Å². The smallest absolute Gasteiger partial charge is 0.0971 e. The molecule has 5 nitrogen and oxygen atoms in total. The van der Waals surface area contributed by atoms with Crippen LogP contribution >= 0.6 is 0 Å². The highest BCUT2D eigenvalue weighted by atomic mass is 15.4. The summed E-state index contributed by atoms with van der Waals surface area (Å²) in [7, 11) is 0. The standard InChI is InChI=1S/C14H19N5/c1-12-9-15-7-8-18(12)10-13-11-19(17-16-13)14-5-3-2-4-6-14/h2-6,11-12,15H,7-10H2,1H3/t12-/m0/s1. The fourth-order valence-electron chi connectivity index (χ4n) is 2.40. The monoisotopic (exact) mass is 257 g/mol. The molecule has 1 saturated heterocycles. The van der Waals surface area contributed by atoms with Gasteiger partial charge in [-0.3, -0.25) is 4.90 Å². The number of piperazine rings is 1. The van der Waals surface area contributed by atoms with Crippen LogP contribution in [0.5, 0.6) is 0 Å². The summed E-state index contributed by atoms with van der Waals surface area (Å²) in [6, 6.07) is 10.6. The maximum Gasteiger partial charge on any atom is 0.0971 e. The van der Waals surface area contributed by atoms with Crippen LogP contribution in [0.3, 0.4) is 0 Å². The summed E-state index contributed by atoms with van der Waals surface area (Å²) >= 11 is 0. The van der Waals surface area contributed by atoms with Crippen LogP contribution in [0, 0.1) is 0 Å². The average molecular weight is 257 g/mol. The maximum atomic E-state index is 4.27. The molecule has 100 valence electrons. The van der Waals surface area contributed by atoms with Crippen molar-refractivity contribution < 1.29 is 0 Å². The summed E-state index contributed by atoms with van der Waals surface area (Å²) in [4.78, 5) is 2.44. The van der Waals surface area contributed by atoms with Gasteiger partial charge in [-0.2, -0.15) is 0 Å². The first kappa shape index (κ1) is 12.3. The molecule has 1 aliphatic heterocycles. The van der Waals surface area contributed by atoms with Crippen LogP contribution < -0.4 is 5.32 Å². The highest BCUT2D eigenvalue weighted by Gasteiger charge is 2.18. The van der Waals surface area contributed by atoms with Crippen molar-refractivity contribution in [3.63, 3.8) is 0 Å². The van der Waals surface area contributed by atoms with Crippen LogP contribution in [-0.2, 0) is 6.54 Å². The van der Waals surface area contributed by atoms with Crippen molar-refractivity contribution in [2.24, 2.45) is 0 Å². The van der Waals surface area contributed by atoms with E-state index in [2.05, 4.69) is 27.5 Å². The topological polar surface area (TPSA) is 46.0 Å². The second-order valence-electron chi connectivity index (χ2n) is 5.01. The van der Waals surface area contributed by atoms with Gasteiger partial charge in [0.25, 0.3) is 0 Å². The van der Waals surface area contributed by atoms with Gasteiger partial charge in [0.05, 0.1) is 17.6 Å². The van der Waals surface area contributed by atoms with Gasteiger partial charge in [0, 0.05) is 32.2 Å². The molecule has 1 N–H and O–H groups in total. The minimum absolute atomic E-state index is 0.552. The van der Waals surface area contributed by atoms with Crippen molar-refractivity contribution in [3.05, 3.63) is 42.2 Å². The Morgan fingerprint density at radius 1 is 1.32 bits per heavy atom. The third kappa shape index (κ3) is 2.83. The van der Waals surface area contributed by atoms with E-state index in [0.29, 0.717) is 6.04 Å². The van der Waals surface area contributed by atoms with E-state index in [1.54, 1.807) is 0 Å². The Morgan fingerprint density at radius 2 is 2.16 bits per heavy atom. The molecule has 0 amide bonds. The van der Waals surface area contributed by atoms with Gasteiger partial charge in [0.1, 0.15) is 0 Å². The molecule has 1 fully saturated rings. The highest BCUT2D eigenvalue weighted by Crippen LogP contribution is 2.10. The Balaban J connectivity index is 1.71. The summed E-state index contributed by atoms with van der Waals surface area (Å²) in [5.74, 6) is 0. The molecule has 1 aromatic carbocycles. The molecule has 1 aliphatic rings. The number of aromatic nitrogens is 3. The van der Waals surface area contributed by atoms with Crippen molar-refractivity contribution in [3.8, 4) is 5.69 Å². The molecule has 2 heterocycles. The maximum absolute atomic E-state index is 4.27. The lowest BCUT2D eigenvalue weighted by atomic mass is 10.2. The number of hydrogen-bond acceptors (Lipinski definition) is 4. The summed E-state index contributed by atoms with van der Waals surface area (Å²) < 4.78 is 1.84. The van der Waals surface area contributed by atoms with Gasteiger partial charge < -0.3 is 5.32 Å². The number of nitrogens with one attached hydrogen (secondary N) is 1. The number of rotatable bonds is 3. The summed E-state index contributed by atoms with van der Waals surface area (Å²) in [5.41, 5.74) is 2.08. The number of benzene rings is 1. The van der Waals surface area contributed by atoms with E-state index in [1.807, 2.05) is 41.2 Å². The highest BCUT2D eigenvalue weighted by molar-refractivity contribution is 5.29. The quantitative estimate of drug-likeness (QED) is 0.893. The fourth-order valence-corrected chi connectivity index (χ4v) is 2.40. The zero-order chi connectivity index (χ0) is 13.1. The normalized spacial score (nSPS) is 20.6. The lowest BCUT2D eigenvalue weighted by molar-refractivity contribution is 0.163. The molecule has 0 bridgehead atoms. The van der Waals surface area contributed by atoms with Gasteiger partial charge in [-0.1, -0.05) is 23.4 Å². The number of nitrogens with zero attached hydrogens (tertiary/aromatic N) is 4. The van der Waals surface area contributed by atoms with E-state index in [0.717, 1.165) is 37.6 Å². The van der Waals surface area contributed by atoms with E-state index < -0.39 is 0 Å². The van der Waals surface area contributed by atoms with Crippen molar-refractivity contribution in [2.75, 3.05) is 19.6 Å². The molecule has 0 aliphatic carbocycles. The third-order valence-electron chi connectivity index (χ3n) is 3.57. The van der Waals surface area contributed by atoms with Gasteiger partial charge in [-0.15, -0.1) is 5.10 Å². The Labute approximate surface area is 113 Å². The van der Waals surface area contributed by atoms with Crippen molar-refractivity contribution >= 4 is 0 Å². The zero-order valence-corrected chi connectivity index (χ0v) is 11.2. The Hall–Kier alpha value is -1.72. The van der Waals surface area contributed by atoms with Crippen molar-refractivity contribution in [2.45, 2.75) is 19.5 Å². The minimum Gasteiger partial charge on any atom is -0.314 e. The molecule has 2 aromatic rings. The zero-order valence-electron chi connectivity index (χ0n) is 11.2. The Kier molecular flexibility index (Phi) is 3.57. The molecular formula is C14H19N5. The molecule has 0 spiro atoms. The minimum atomic E-state index is 0.552. The Morgan fingerprint density at radius 3 is 2.95 bits per heavy atom. The van der Waals surface area contributed by atoms with E-state index in [-0.39, 0.29) is 0 Å². The molecule has 19 heavy (non-hydrogen) atoms. The fraction of sp³-hybridized carbons (Fsp3) is 0.429. The third-order valence-corrected chi connectivity index (χ3v) is 3.57. The lowest BCUT2D eigenvalue weighted by Crippen LogP contribution is -2.49. The molecular weight excluding hydrogens is 238 g/mol. The van der Waals surface area contributed by atoms with E-state index >= 15 is 0 Å². The average Bonchev–Trinajstić information content (AvgIpc) is 2.91. The van der Waals surface area contributed by atoms with Crippen LogP contribution in [0.25, 0.3) is 5.69 Å². The predicted octanol–water partition coefficient (Wildman–Crippen LogP) is 1.06. The molecule has 0 unspecified atom stereocenters. The second-order valence-corrected chi connectivity index (χ2v) is 5.01. The van der Waals surface area contributed by atoms with Gasteiger partial charge in [0.15, 0.2) is 0 Å². The van der Waals surface area contributed by atoms with E-state index in [4.69, 9.17) is 0 Å². The summed E-state index contributed by atoms with van der Waals surface area (Å²) in [5, 5.41) is 11.9. The van der Waals surface area contributed by atoms with Gasteiger partial charge >= 0.3 is 0 Å². The van der Waals surface area contributed by atoms with Crippen LogP contribution in [-0.4, -0.2) is 45.6 Å². The van der Waals surface area contributed by atoms with Crippen LogP contribution in [0.4, 0.5) is 0 Å². The van der Waals surface area contributed by atoms with Gasteiger partial charge in [0.2, 0.25) is 0 Å². The van der Waals surface area contributed by atoms with E-state index in [9.17, 15) is 0 Å². The van der Waals surface area contributed by atoms with Crippen LogP contribution in [0.2, 0.25) is 0 Å². The molecule has 0 saturated carbocycles. The molecule has 1 atom stereocenters. The summed E-state index contributed by atoms with van der Waals surface area (Å²) in [6.07, 6.45) is 2.02. The van der Waals surface area contributed by atoms with E-state index in [1.165, 1.54) is 0 Å². The predicted molar refractivity (Wildman–Crippen MR) is 74.1 cm³/mol. The van der Waals surface area contributed by atoms with Gasteiger partial charge in [-0.25, -0.2) is 4.68 Å². The van der Waals surface area contributed by atoms with Gasteiger partial charge in [-0.05, 0) is 19.1 Å². The van der Waals surface area contributed by atoms with Crippen LogP contribution in [0.1, 0.15) is 12.6 Å². The second kappa shape index (κ2) is 5.50. The Bertz CT molecular complexity index is 522. The first-order chi connectivity index (χ1) is 9.33. The van der Waals surface area contributed by atoms with Crippen molar-refractivity contribution in [1.82, 2.24) is 25.2 Å². The first-order valence-electron chi connectivity index (χ1n) is 6.74. The number of para-hydroxylation sites is 1. The molecule has 5 heteroatoms.